The number of rotatable bonds is 10. The van der Waals surface area contributed by atoms with E-state index in [1.807, 2.05) is 0 Å². The van der Waals surface area contributed by atoms with Gasteiger partial charge in [0.25, 0.3) is 0 Å². The van der Waals surface area contributed by atoms with Crippen molar-refractivity contribution in [2.75, 3.05) is 84.6 Å². The van der Waals surface area contributed by atoms with Crippen molar-refractivity contribution in [3.8, 4) is 11.5 Å². The number of phenols is 2. The van der Waals surface area contributed by atoms with Gasteiger partial charge in [-0.1, -0.05) is 0 Å². The van der Waals surface area contributed by atoms with Crippen molar-refractivity contribution >= 4 is 0 Å². The fourth-order valence-electron chi connectivity index (χ4n) is 5.46. The lowest BCUT2D eigenvalue weighted by Crippen LogP contribution is -2.55. The van der Waals surface area contributed by atoms with Crippen LogP contribution in [0, 0.1) is 0 Å². The van der Waals surface area contributed by atoms with E-state index in [0.29, 0.717) is 0 Å². The highest BCUT2D eigenvalue weighted by atomic mass is 19.4. The van der Waals surface area contributed by atoms with Gasteiger partial charge in [-0.25, -0.2) is 0 Å². The fraction of sp³-hybridized carbons (Fsp3) is 0.613. The summed E-state index contributed by atoms with van der Waals surface area (Å²) in [4.78, 5) is 0. The van der Waals surface area contributed by atoms with E-state index in [1.165, 1.54) is 0 Å². The predicted molar refractivity (Wildman–Crippen MR) is 156 cm³/mol. The van der Waals surface area contributed by atoms with Crippen LogP contribution < -0.4 is 0 Å². The van der Waals surface area contributed by atoms with Crippen LogP contribution in [0.4, 0.5) is 26.3 Å². The molecule has 6 nitrogen and oxygen atoms in total. The molecule has 0 radical (unpaired) electrons. The average molecular weight is 625 g/mol. The van der Waals surface area contributed by atoms with Crippen LogP contribution in [0.2, 0.25) is 0 Å². The molecule has 0 aliphatic heterocycles. The molecule has 0 aliphatic carbocycles. The summed E-state index contributed by atoms with van der Waals surface area (Å²) < 4.78 is 93.4. The standard InChI is InChI=1S/C31H48F6N4O2/c1-38(2,3)17-21-13-25(14-22(27(21)42)18-39(4,5)6)29(30(32,33)34,31(35,36)37)26-15-23(19-40(7,8)9)28(43)24(16-26)20-41(10,11)12/h13-16H,17-20H2,1-12H3/q+2/p+2. The largest absolute Gasteiger partial charge is 0.507 e. The van der Waals surface area contributed by atoms with Crippen LogP contribution >= 0.6 is 0 Å². The molecule has 43 heavy (non-hydrogen) atoms. The second kappa shape index (κ2) is 11.4. The van der Waals surface area contributed by atoms with E-state index in [2.05, 4.69) is 0 Å². The van der Waals surface area contributed by atoms with E-state index in [9.17, 15) is 10.2 Å². The van der Waals surface area contributed by atoms with E-state index >= 15 is 26.3 Å². The zero-order chi connectivity index (χ0) is 33.8. The molecule has 244 valence electrons. The quantitative estimate of drug-likeness (QED) is 0.277. The number of benzene rings is 2. The molecule has 0 heterocycles. The third-order valence-electron chi connectivity index (χ3n) is 6.83. The first-order chi connectivity index (χ1) is 18.9. The Balaban J connectivity index is 3.24. The molecule has 0 saturated heterocycles. The molecule has 0 aliphatic rings. The Morgan fingerprint density at radius 1 is 0.442 bits per heavy atom. The Morgan fingerprint density at radius 3 is 0.767 bits per heavy atom. The molecule has 12 heteroatoms. The molecular weight excluding hydrogens is 574 g/mol. The van der Waals surface area contributed by atoms with Gasteiger partial charge in [0.1, 0.15) is 37.7 Å². The summed E-state index contributed by atoms with van der Waals surface area (Å²) in [5.41, 5.74) is -6.52. The van der Waals surface area contributed by atoms with Gasteiger partial charge in [-0.2, -0.15) is 26.3 Å². The van der Waals surface area contributed by atoms with Gasteiger partial charge < -0.3 is 28.1 Å². The van der Waals surface area contributed by atoms with Gasteiger partial charge >= 0.3 is 12.4 Å². The second-order valence-electron chi connectivity index (χ2n) is 15.8. The van der Waals surface area contributed by atoms with Crippen LogP contribution in [0.5, 0.6) is 11.5 Å². The number of hydrogen-bond acceptors (Lipinski definition) is 2. The first kappa shape index (κ1) is 36.7. The normalized spacial score (nSPS) is 14.4. The summed E-state index contributed by atoms with van der Waals surface area (Å²) in [6.07, 6.45) is -11.7. The smallest absolute Gasteiger partial charge is 0.411 e. The van der Waals surface area contributed by atoms with Crippen LogP contribution in [0.1, 0.15) is 33.4 Å². The summed E-state index contributed by atoms with van der Waals surface area (Å²) >= 11 is 0. The molecule has 2 aromatic rings. The highest BCUT2D eigenvalue weighted by Gasteiger charge is 2.73. The molecule has 0 saturated carbocycles. The molecule has 0 atom stereocenters. The summed E-state index contributed by atoms with van der Waals surface area (Å²) in [6, 6.07) is 3.41. The van der Waals surface area contributed by atoms with Crippen LogP contribution in [0.25, 0.3) is 0 Å². The highest BCUT2D eigenvalue weighted by molar-refractivity contribution is 5.55. The van der Waals surface area contributed by atoms with E-state index < -0.39 is 28.9 Å². The average Bonchev–Trinajstić information content (AvgIpc) is 2.68. The maximum Gasteiger partial charge on any atom is 0.411 e. The number of phenolic OH excluding ortho intramolecular Hbond substituents is 2. The molecule has 0 fully saturated rings. The fourth-order valence-corrected chi connectivity index (χ4v) is 5.46. The van der Waals surface area contributed by atoms with Crippen molar-refractivity contribution in [3.63, 3.8) is 0 Å². The topological polar surface area (TPSA) is 40.5 Å². The van der Waals surface area contributed by atoms with Crippen molar-refractivity contribution in [2.45, 2.75) is 43.9 Å². The van der Waals surface area contributed by atoms with Gasteiger partial charge in [0.15, 0.2) is 0 Å². The Bertz CT molecular complexity index is 1130. The van der Waals surface area contributed by atoms with Gasteiger partial charge in [0.05, 0.1) is 84.6 Å². The van der Waals surface area contributed by atoms with Gasteiger partial charge in [0, 0.05) is 22.3 Å². The number of nitrogens with zero attached hydrogens (tertiary/aromatic N) is 4. The Morgan fingerprint density at radius 2 is 0.628 bits per heavy atom. The number of quaternary nitrogens is 4. The molecule has 2 rings (SSSR count). The van der Waals surface area contributed by atoms with E-state index in [-0.39, 0.29) is 77.9 Å². The number of halogens is 6. The first-order valence-corrected chi connectivity index (χ1v) is 13.9. The van der Waals surface area contributed by atoms with E-state index in [1.54, 1.807) is 84.6 Å². The molecular formula is C31H50F6N4O2+4. The number of alkyl halides is 6. The Labute approximate surface area is 252 Å². The third-order valence-corrected chi connectivity index (χ3v) is 6.83. The minimum absolute atomic E-state index is 0.00923. The van der Waals surface area contributed by atoms with E-state index in [0.717, 1.165) is 24.3 Å². The lowest BCUT2D eigenvalue weighted by Gasteiger charge is -2.40. The molecule has 2 N–H and O–H groups in total. The van der Waals surface area contributed by atoms with Crippen molar-refractivity contribution in [1.29, 1.82) is 0 Å². The minimum Gasteiger partial charge on any atom is -0.507 e. The Kier molecular flexibility index (Phi) is 9.74. The first-order valence-electron chi connectivity index (χ1n) is 13.9. The summed E-state index contributed by atoms with van der Waals surface area (Å²) in [7, 11) is 20.8. The van der Waals surface area contributed by atoms with Crippen molar-refractivity contribution in [3.05, 3.63) is 57.6 Å². The predicted octanol–water partition coefficient (Wildman–Crippen LogP) is 5.33. The molecule has 0 bridgehead atoms. The monoisotopic (exact) mass is 624 g/mol. The second-order valence-corrected chi connectivity index (χ2v) is 15.8. The maximum atomic E-state index is 15.5. The lowest BCUT2D eigenvalue weighted by molar-refractivity contribution is -0.884. The summed E-state index contributed by atoms with van der Waals surface area (Å²) in [5, 5.41) is 22.3. The van der Waals surface area contributed by atoms with Gasteiger partial charge in [-0.3, -0.25) is 0 Å². The van der Waals surface area contributed by atoms with Crippen LogP contribution in [0.3, 0.4) is 0 Å². The van der Waals surface area contributed by atoms with Crippen LogP contribution in [-0.2, 0) is 31.6 Å². The van der Waals surface area contributed by atoms with E-state index in [4.69, 9.17) is 0 Å². The molecule has 0 amide bonds. The highest BCUT2D eigenvalue weighted by Crippen LogP contribution is 2.58. The minimum atomic E-state index is -5.83. The molecule has 0 spiro atoms. The zero-order valence-corrected chi connectivity index (χ0v) is 27.6. The van der Waals surface area contributed by atoms with Crippen LogP contribution in [0.15, 0.2) is 24.3 Å². The molecule has 0 unspecified atom stereocenters. The van der Waals surface area contributed by atoms with Crippen molar-refractivity contribution in [1.82, 2.24) is 0 Å². The van der Waals surface area contributed by atoms with Gasteiger partial charge in [-0.15, -0.1) is 0 Å². The molecule has 0 aromatic heterocycles. The number of hydrogen-bond donors (Lipinski definition) is 2. The summed E-state index contributed by atoms with van der Waals surface area (Å²) in [6.45, 7) is -0.0369. The Hall–Kier alpha value is -2.54. The maximum absolute atomic E-state index is 15.5. The lowest BCUT2D eigenvalue weighted by atomic mass is 9.71. The number of aromatic hydroxyl groups is 2. The van der Waals surface area contributed by atoms with Gasteiger partial charge in [-0.05, 0) is 35.4 Å². The summed E-state index contributed by atoms with van der Waals surface area (Å²) in [5.74, 6) is -0.629. The zero-order valence-electron chi connectivity index (χ0n) is 27.6. The van der Waals surface area contributed by atoms with Crippen molar-refractivity contribution < 1.29 is 54.5 Å². The van der Waals surface area contributed by atoms with Crippen LogP contribution in [-0.4, -0.2) is 125 Å². The van der Waals surface area contributed by atoms with Crippen molar-refractivity contribution in [2.24, 2.45) is 0 Å². The SMILES string of the molecule is C[N+](C)(C)Cc1cc(C(c2cc(C[N+](C)(C)C)c(O)c(C[N+](C)(C)C)c2)(C(F)(F)F)C(F)(F)F)cc(C[N+](C)(C)C)c1O. The molecule has 2 aromatic carbocycles. The van der Waals surface area contributed by atoms with Gasteiger partial charge in [0.2, 0.25) is 5.41 Å². The third kappa shape index (κ3) is 8.77.